The SMILES string of the molecule is CC(N)CCCC(=O)Nc1ccc2oc(C(C)C)nc2c1. The molecule has 0 bridgehead atoms. The number of carbonyl (C=O) groups excluding carboxylic acids is 1. The first-order valence-corrected chi connectivity index (χ1v) is 7.41. The van der Waals surface area contributed by atoms with Crippen molar-refractivity contribution in [2.75, 3.05) is 5.32 Å². The fourth-order valence-corrected chi connectivity index (χ4v) is 2.08. The molecule has 0 radical (unpaired) electrons. The second-order valence-electron chi connectivity index (χ2n) is 5.81. The van der Waals surface area contributed by atoms with Crippen molar-refractivity contribution in [3.63, 3.8) is 0 Å². The molecule has 1 atom stereocenters. The Morgan fingerprint density at radius 1 is 1.38 bits per heavy atom. The molecule has 21 heavy (non-hydrogen) atoms. The van der Waals surface area contributed by atoms with Gasteiger partial charge in [0.15, 0.2) is 11.5 Å². The monoisotopic (exact) mass is 289 g/mol. The van der Waals surface area contributed by atoms with Crippen LogP contribution < -0.4 is 11.1 Å². The van der Waals surface area contributed by atoms with E-state index in [1.54, 1.807) is 0 Å². The molecule has 5 heteroatoms. The lowest BCUT2D eigenvalue weighted by molar-refractivity contribution is -0.116. The Balaban J connectivity index is 2.00. The molecule has 1 aromatic carbocycles. The summed E-state index contributed by atoms with van der Waals surface area (Å²) >= 11 is 0. The molecule has 0 fully saturated rings. The van der Waals surface area contributed by atoms with Crippen LogP contribution in [-0.4, -0.2) is 16.9 Å². The van der Waals surface area contributed by atoms with Gasteiger partial charge < -0.3 is 15.5 Å². The Morgan fingerprint density at radius 3 is 2.81 bits per heavy atom. The molecular weight excluding hydrogens is 266 g/mol. The number of fused-ring (bicyclic) bond motifs is 1. The Labute approximate surface area is 124 Å². The third-order valence-electron chi connectivity index (χ3n) is 3.25. The number of amides is 1. The van der Waals surface area contributed by atoms with Crippen LogP contribution in [0.15, 0.2) is 22.6 Å². The first kappa shape index (κ1) is 15.5. The number of nitrogens with one attached hydrogen (secondary N) is 1. The molecule has 0 saturated carbocycles. The van der Waals surface area contributed by atoms with Crippen molar-refractivity contribution in [2.45, 2.75) is 52.0 Å². The highest BCUT2D eigenvalue weighted by atomic mass is 16.3. The predicted octanol–water partition coefficient (Wildman–Crippen LogP) is 3.41. The van der Waals surface area contributed by atoms with Gasteiger partial charge in [0.2, 0.25) is 5.91 Å². The van der Waals surface area contributed by atoms with Crippen LogP contribution >= 0.6 is 0 Å². The van der Waals surface area contributed by atoms with Gasteiger partial charge in [-0.15, -0.1) is 0 Å². The third-order valence-corrected chi connectivity index (χ3v) is 3.25. The van der Waals surface area contributed by atoms with Crippen LogP contribution in [-0.2, 0) is 4.79 Å². The lowest BCUT2D eigenvalue weighted by Crippen LogP contribution is -2.16. The molecule has 1 heterocycles. The highest BCUT2D eigenvalue weighted by Crippen LogP contribution is 2.23. The van der Waals surface area contributed by atoms with E-state index in [2.05, 4.69) is 10.3 Å². The Kier molecular flexibility index (Phi) is 4.96. The summed E-state index contributed by atoms with van der Waals surface area (Å²) in [6.07, 6.45) is 2.14. The molecule has 0 aliphatic rings. The maximum absolute atomic E-state index is 11.8. The van der Waals surface area contributed by atoms with Crippen molar-refractivity contribution in [1.82, 2.24) is 4.98 Å². The highest BCUT2D eigenvalue weighted by molar-refractivity contribution is 5.92. The summed E-state index contributed by atoms with van der Waals surface area (Å²) in [5.41, 5.74) is 7.93. The van der Waals surface area contributed by atoms with Crippen LogP contribution in [0.2, 0.25) is 0 Å². The fourth-order valence-electron chi connectivity index (χ4n) is 2.08. The third kappa shape index (κ3) is 4.29. The molecule has 1 unspecified atom stereocenters. The minimum Gasteiger partial charge on any atom is -0.440 e. The minimum atomic E-state index is 0.00239. The molecule has 0 aliphatic carbocycles. The van der Waals surface area contributed by atoms with Gasteiger partial charge in [-0.25, -0.2) is 4.98 Å². The van der Waals surface area contributed by atoms with Gasteiger partial charge in [0.25, 0.3) is 0 Å². The molecular formula is C16H23N3O2. The van der Waals surface area contributed by atoms with Crippen molar-refractivity contribution in [2.24, 2.45) is 5.73 Å². The van der Waals surface area contributed by atoms with E-state index in [-0.39, 0.29) is 17.9 Å². The average Bonchev–Trinajstić information content (AvgIpc) is 2.81. The molecule has 0 saturated heterocycles. The van der Waals surface area contributed by atoms with Crippen LogP contribution in [0.1, 0.15) is 51.8 Å². The second-order valence-corrected chi connectivity index (χ2v) is 5.81. The van der Waals surface area contributed by atoms with Crippen molar-refractivity contribution in [3.05, 3.63) is 24.1 Å². The number of nitrogens with two attached hydrogens (primary N) is 1. The minimum absolute atomic E-state index is 0.00239. The van der Waals surface area contributed by atoms with Gasteiger partial charge in [-0.2, -0.15) is 0 Å². The van der Waals surface area contributed by atoms with Gasteiger partial charge in [-0.05, 0) is 38.0 Å². The highest BCUT2D eigenvalue weighted by Gasteiger charge is 2.10. The standard InChI is InChI=1S/C16H23N3O2/c1-10(2)16-19-13-9-12(7-8-14(13)21-16)18-15(20)6-4-5-11(3)17/h7-11H,4-6,17H2,1-3H3,(H,18,20). The Morgan fingerprint density at radius 2 is 2.14 bits per heavy atom. The number of aromatic nitrogens is 1. The Hall–Kier alpha value is -1.88. The van der Waals surface area contributed by atoms with Gasteiger partial charge in [0, 0.05) is 24.1 Å². The summed E-state index contributed by atoms with van der Waals surface area (Å²) in [5.74, 6) is 0.960. The molecule has 5 nitrogen and oxygen atoms in total. The first-order chi connectivity index (χ1) is 9.95. The van der Waals surface area contributed by atoms with Crippen molar-refractivity contribution in [3.8, 4) is 0 Å². The number of hydrogen-bond acceptors (Lipinski definition) is 4. The zero-order valence-electron chi connectivity index (χ0n) is 12.8. The van der Waals surface area contributed by atoms with E-state index >= 15 is 0 Å². The summed E-state index contributed by atoms with van der Waals surface area (Å²) in [6.45, 7) is 6.01. The first-order valence-electron chi connectivity index (χ1n) is 7.41. The molecule has 0 aliphatic heterocycles. The molecule has 3 N–H and O–H groups in total. The van der Waals surface area contributed by atoms with E-state index in [1.807, 2.05) is 39.0 Å². The maximum Gasteiger partial charge on any atom is 0.224 e. The molecule has 1 aromatic heterocycles. The number of rotatable bonds is 6. The zero-order chi connectivity index (χ0) is 15.4. The van der Waals surface area contributed by atoms with Gasteiger partial charge in [0.05, 0.1) is 0 Å². The van der Waals surface area contributed by atoms with Crippen LogP contribution in [0.25, 0.3) is 11.1 Å². The summed E-state index contributed by atoms with van der Waals surface area (Å²) in [7, 11) is 0. The summed E-state index contributed by atoms with van der Waals surface area (Å²) in [5, 5.41) is 2.88. The largest absolute Gasteiger partial charge is 0.440 e. The molecule has 2 aromatic rings. The number of anilines is 1. The molecule has 0 spiro atoms. The van der Waals surface area contributed by atoms with Gasteiger partial charge in [-0.1, -0.05) is 13.8 Å². The van der Waals surface area contributed by atoms with E-state index in [0.717, 1.165) is 29.6 Å². The predicted molar refractivity (Wildman–Crippen MR) is 84.2 cm³/mol. The summed E-state index contributed by atoms with van der Waals surface area (Å²) in [4.78, 5) is 16.3. The van der Waals surface area contributed by atoms with Gasteiger partial charge >= 0.3 is 0 Å². The number of hydrogen-bond donors (Lipinski definition) is 2. The lowest BCUT2D eigenvalue weighted by atomic mass is 10.1. The van der Waals surface area contributed by atoms with Crippen molar-refractivity contribution in [1.29, 1.82) is 0 Å². The normalized spacial score (nSPS) is 12.8. The molecule has 114 valence electrons. The smallest absolute Gasteiger partial charge is 0.224 e. The molecule has 1 amide bonds. The number of benzene rings is 1. The van der Waals surface area contributed by atoms with E-state index in [9.17, 15) is 4.79 Å². The number of nitrogens with zero attached hydrogens (tertiary/aromatic N) is 1. The lowest BCUT2D eigenvalue weighted by Gasteiger charge is -2.06. The number of carbonyl (C=O) groups is 1. The van der Waals surface area contributed by atoms with Gasteiger partial charge in [0.1, 0.15) is 5.52 Å². The number of oxazole rings is 1. The van der Waals surface area contributed by atoms with E-state index in [0.29, 0.717) is 12.3 Å². The summed E-state index contributed by atoms with van der Waals surface area (Å²) in [6, 6.07) is 5.65. The average molecular weight is 289 g/mol. The van der Waals surface area contributed by atoms with Crippen LogP contribution in [0.3, 0.4) is 0 Å². The topological polar surface area (TPSA) is 81.2 Å². The van der Waals surface area contributed by atoms with Crippen molar-refractivity contribution < 1.29 is 9.21 Å². The van der Waals surface area contributed by atoms with Gasteiger partial charge in [-0.3, -0.25) is 4.79 Å². The van der Waals surface area contributed by atoms with Crippen LogP contribution in [0.5, 0.6) is 0 Å². The van der Waals surface area contributed by atoms with E-state index in [1.165, 1.54) is 0 Å². The fraction of sp³-hybridized carbons (Fsp3) is 0.500. The van der Waals surface area contributed by atoms with Crippen molar-refractivity contribution >= 4 is 22.7 Å². The van der Waals surface area contributed by atoms with Crippen LogP contribution in [0, 0.1) is 0 Å². The van der Waals surface area contributed by atoms with E-state index < -0.39 is 0 Å². The Bertz CT molecular complexity index is 617. The van der Waals surface area contributed by atoms with E-state index in [4.69, 9.17) is 10.2 Å². The summed E-state index contributed by atoms with van der Waals surface area (Å²) < 4.78 is 5.64. The molecule has 2 rings (SSSR count). The maximum atomic E-state index is 11.8. The second kappa shape index (κ2) is 6.72. The quantitative estimate of drug-likeness (QED) is 0.854. The van der Waals surface area contributed by atoms with Crippen LogP contribution in [0.4, 0.5) is 5.69 Å². The zero-order valence-corrected chi connectivity index (χ0v) is 12.8.